The summed E-state index contributed by atoms with van der Waals surface area (Å²) in [4.78, 5) is 3.10. The number of rotatable bonds is 3. The van der Waals surface area contributed by atoms with E-state index >= 15 is 0 Å². The summed E-state index contributed by atoms with van der Waals surface area (Å²) in [5, 5.41) is 0. The summed E-state index contributed by atoms with van der Waals surface area (Å²) >= 11 is 4.23. The quantitative estimate of drug-likeness (QED) is 0.574. The molecular weight excluding hydrogens is 180 g/mol. The molecule has 0 atom stereocenters. The minimum Gasteiger partial charge on any atom is -0.398 e. The molecule has 0 spiro atoms. The predicted octanol–water partition coefficient (Wildman–Crippen LogP) is 2.40. The largest absolute Gasteiger partial charge is 0.398 e. The summed E-state index contributed by atoms with van der Waals surface area (Å²) < 4.78 is 0. The van der Waals surface area contributed by atoms with E-state index in [0.29, 0.717) is 0 Å². The highest BCUT2D eigenvalue weighted by Gasteiger charge is 2.02. The number of hydrogen-bond donors (Lipinski definition) is 2. The van der Waals surface area contributed by atoms with Crippen LogP contribution in [-0.2, 0) is 0 Å². The molecule has 0 heterocycles. The molecule has 0 aliphatic heterocycles. The molecular formula is C10H16N2S. The van der Waals surface area contributed by atoms with Crippen LogP contribution in [0.1, 0.15) is 13.8 Å². The number of hydrogen-bond acceptors (Lipinski definition) is 3. The molecule has 0 saturated carbocycles. The second kappa shape index (κ2) is 4.42. The average molecular weight is 196 g/mol. The van der Waals surface area contributed by atoms with Crippen molar-refractivity contribution in [2.24, 2.45) is 0 Å². The maximum absolute atomic E-state index is 5.76. The molecule has 1 rings (SSSR count). The first-order valence-corrected chi connectivity index (χ1v) is 4.97. The van der Waals surface area contributed by atoms with Gasteiger partial charge in [-0.25, -0.2) is 0 Å². The maximum atomic E-state index is 5.76. The van der Waals surface area contributed by atoms with Crippen molar-refractivity contribution in [3.05, 3.63) is 18.2 Å². The van der Waals surface area contributed by atoms with E-state index in [1.807, 2.05) is 18.2 Å². The molecule has 0 aliphatic carbocycles. The Bertz CT molecular complexity index is 282. The molecule has 0 aromatic heterocycles. The molecule has 72 valence electrons. The smallest absolute Gasteiger partial charge is 0.0470 e. The highest BCUT2D eigenvalue weighted by atomic mass is 32.1. The third-order valence-electron chi connectivity index (χ3n) is 2.14. The topological polar surface area (TPSA) is 29.3 Å². The van der Waals surface area contributed by atoms with E-state index in [9.17, 15) is 0 Å². The molecule has 2 N–H and O–H groups in total. The summed E-state index contributed by atoms with van der Waals surface area (Å²) in [5.41, 5.74) is 7.67. The van der Waals surface area contributed by atoms with Crippen molar-refractivity contribution in [2.45, 2.75) is 18.7 Å². The summed E-state index contributed by atoms with van der Waals surface area (Å²) in [7, 11) is 0. The van der Waals surface area contributed by atoms with Gasteiger partial charge in [-0.3, -0.25) is 0 Å². The lowest BCUT2D eigenvalue weighted by Crippen LogP contribution is -2.21. The molecule has 1 aromatic carbocycles. The Morgan fingerprint density at radius 3 is 2.38 bits per heavy atom. The SMILES string of the molecule is CCN(CC)c1ccc(S)c(N)c1. The minimum atomic E-state index is 0.743. The molecule has 0 fully saturated rings. The van der Waals surface area contributed by atoms with Gasteiger partial charge < -0.3 is 10.6 Å². The van der Waals surface area contributed by atoms with Crippen LogP contribution in [-0.4, -0.2) is 13.1 Å². The minimum absolute atomic E-state index is 0.743. The van der Waals surface area contributed by atoms with E-state index in [0.717, 1.165) is 23.7 Å². The third-order valence-corrected chi connectivity index (χ3v) is 2.55. The van der Waals surface area contributed by atoms with E-state index in [-0.39, 0.29) is 0 Å². The zero-order valence-corrected chi connectivity index (χ0v) is 9.01. The Morgan fingerprint density at radius 1 is 1.31 bits per heavy atom. The molecule has 0 unspecified atom stereocenters. The van der Waals surface area contributed by atoms with E-state index in [2.05, 4.69) is 31.4 Å². The number of benzene rings is 1. The Labute approximate surface area is 85.1 Å². The summed E-state index contributed by atoms with van der Waals surface area (Å²) in [6, 6.07) is 5.95. The summed E-state index contributed by atoms with van der Waals surface area (Å²) in [5.74, 6) is 0. The number of nitrogens with two attached hydrogens (primary N) is 1. The average Bonchev–Trinajstić information content (AvgIpc) is 2.13. The second-order valence-electron chi connectivity index (χ2n) is 2.92. The molecule has 0 bridgehead atoms. The van der Waals surface area contributed by atoms with Crippen LogP contribution in [0, 0.1) is 0 Å². The van der Waals surface area contributed by atoms with Gasteiger partial charge in [0.2, 0.25) is 0 Å². The van der Waals surface area contributed by atoms with Crippen LogP contribution in [0.15, 0.2) is 23.1 Å². The standard InChI is InChI=1S/C10H16N2S/c1-3-12(4-2)8-5-6-10(13)9(11)7-8/h5-7,13H,3-4,11H2,1-2H3. The molecule has 13 heavy (non-hydrogen) atoms. The first kappa shape index (κ1) is 10.3. The van der Waals surface area contributed by atoms with Gasteiger partial charge in [0.25, 0.3) is 0 Å². The first-order chi connectivity index (χ1) is 6.19. The van der Waals surface area contributed by atoms with Crippen LogP contribution in [0.25, 0.3) is 0 Å². The maximum Gasteiger partial charge on any atom is 0.0470 e. The normalized spacial score (nSPS) is 10.1. The van der Waals surface area contributed by atoms with Crippen molar-refractivity contribution < 1.29 is 0 Å². The predicted molar refractivity (Wildman–Crippen MR) is 61.7 cm³/mol. The van der Waals surface area contributed by atoms with Crippen LogP contribution in [0.3, 0.4) is 0 Å². The van der Waals surface area contributed by atoms with E-state index in [4.69, 9.17) is 5.73 Å². The van der Waals surface area contributed by atoms with Crippen LogP contribution in [0.2, 0.25) is 0 Å². The van der Waals surface area contributed by atoms with Crippen LogP contribution >= 0.6 is 12.6 Å². The molecule has 0 aliphatic rings. The van der Waals surface area contributed by atoms with Crippen molar-refractivity contribution in [3.63, 3.8) is 0 Å². The Balaban J connectivity index is 2.95. The number of nitrogens with zero attached hydrogens (tertiary/aromatic N) is 1. The van der Waals surface area contributed by atoms with Crippen LogP contribution in [0.5, 0.6) is 0 Å². The number of nitrogen functional groups attached to an aromatic ring is 1. The summed E-state index contributed by atoms with van der Waals surface area (Å²) in [6.45, 7) is 6.27. The van der Waals surface area contributed by atoms with Gasteiger partial charge in [0.1, 0.15) is 0 Å². The van der Waals surface area contributed by atoms with Gasteiger partial charge in [-0.1, -0.05) is 0 Å². The van der Waals surface area contributed by atoms with Crippen molar-refractivity contribution in [2.75, 3.05) is 23.7 Å². The van der Waals surface area contributed by atoms with Gasteiger partial charge in [-0.05, 0) is 32.0 Å². The first-order valence-electron chi connectivity index (χ1n) is 4.52. The number of anilines is 2. The van der Waals surface area contributed by atoms with Gasteiger partial charge in [-0.15, -0.1) is 12.6 Å². The zero-order chi connectivity index (χ0) is 9.84. The second-order valence-corrected chi connectivity index (χ2v) is 3.40. The molecule has 0 radical (unpaired) electrons. The molecule has 0 amide bonds. The third kappa shape index (κ3) is 2.31. The lowest BCUT2D eigenvalue weighted by atomic mass is 10.2. The van der Waals surface area contributed by atoms with Crippen molar-refractivity contribution >= 4 is 24.0 Å². The van der Waals surface area contributed by atoms with Gasteiger partial charge in [-0.2, -0.15) is 0 Å². The van der Waals surface area contributed by atoms with Gasteiger partial charge >= 0.3 is 0 Å². The van der Waals surface area contributed by atoms with Gasteiger partial charge in [0, 0.05) is 29.4 Å². The highest BCUT2D eigenvalue weighted by Crippen LogP contribution is 2.23. The van der Waals surface area contributed by atoms with E-state index in [1.165, 1.54) is 5.69 Å². The van der Waals surface area contributed by atoms with Crippen LogP contribution in [0.4, 0.5) is 11.4 Å². The lowest BCUT2D eigenvalue weighted by molar-refractivity contribution is 0.866. The fourth-order valence-electron chi connectivity index (χ4n) is 1.33. The molecule has 0 saturated heterocycles. The molecule has 3 heteroatoms. The lowest BCUT2D eigenvalue weighted by Gasteiger charge is -2.21. The Morgan fingerprint density at radius 2 is 1.92 bits per heavy atom. The van der Waals surface area contributed by atoms with E-state index < -0.39 is 0 Å². The summed E-state index contributed by atoms with van der Waals surface area (Å²) in [6.07, 6.45) is 0. The fourth-order valence-corrected chi connectivity index (χ4v) is 1.47. The Kier molecular flexibility index (Phi) is 3.48. The molecule has 2 nitrogen and oxygen atoms in total. The van der Waals surface area contributed by atoms with Gasteiger partial charge in [0.15, 0.2) is 0 Å². The van der Waals surface area contributed by atoms with Gasteiger partial charge in [0.05, 0.1) is 0 Å². The van der Waals surface area contributed by atoms with Crippen molar-refractivity contribution in [3.8, 4) is 0 Å². The highest BCUT2D eigenvalue weighted by molar-refractivity contribution is 7.80. The Hall–Kier alpha value is -0.830. The molecule has 1 aromatic rings. The van der Waals surface area contributed by atoms with Crippen molar-refractivity contribution in [1.82, 2.24) is 0 Å². The number of thiol groups is 1. The zero-order valence-electron chi connectivity index (χ0n) is 8.12. The van der Waals surface area contributed by atoms with Crippen molar-refractivity contribution in [1.29, 1.82) is 0 Å². The monoisotopic (exact) mass is 196 g/mol. The van der Waals surface area contributed by atoms with Crippen LogP contribution < -0.4 is 10.6 Å². The fraction of sp³-hybridized carbons (Fsp3) is 0.400. The van der Waals surface area contributed by atoms with E-state index in [1.54, 1.807) is 0 Å².